The minimum atomic E-state index is -0.205. The molecule has 1 aliphatic rings. The van der Waals surface area contributed by atoms with Crippen LogP contribution >= 0.6 is 0 Å². The predicted octanol–water partition coefficient (Wildman–Crippen LogP) is 2.26. The SMILES string of the molecule is CC1(Cc2ccc(F)cc2)CCCN1c1nccn2nnnc12. The second-order valence-electron chi connectivity index (χ2n) is 6.25. The van der Waals surface area contributed by atoms with Crippen molar-refractivity contribution in [2.75, 3.05) is 11.4 Å². The fraction of sp³-hybridized carbons (Fsp3) is 0.375. The van der Waals surface area contributed by atoms with Gasteiger partial charge in [-0.05, 0) is 54.3 Å². The highest BCUT2D eigenvalue weighted by molar-refractivity contribution is 5.64. The number of benzene rings is 1. The first-order chi connectivity index (χ1) is 11.2. The number of hydrogen-bond donors (Lipinski definition) is 0. The van der Waals surface area contributed by atoms with Crippen LogP contribution in [0.25, 0.3) is 5.65 Å². The molecule has 0 bridgehead atoms. The highest BCUT2D eigenvalue weighted by Crippen LogP contribution is 2.36. The van der Waals surface area contributed by atoms with Gasteiger partial charge in [0.05, 0.1) is 6.20 Å². The Hall–Kier alpha value is -2.57. The van der Waals surface area contributed by atoms with Crippen LogP contribution in [-0.4, -0.2) is 37.1 Å². The second kappa shape index (κ2) is 5.26. The van der Waals surface area contributed by atoms with E-state index in [-0.39, 0.29) is 11.4 Å². The molecule has 1 unspecified atom stereocenters. The van der Waals surface area contributed by atoms with E-state index in [0.29, 0.717) is 5.65 Å². The van der Waals surface area contributed by atoms with Gasteiger partial charge in [0.15, 0.2) is 5.82 Å². The maximum Gasteiger partial charge on any atom is 0.222 e. The first kappa shape index (κ1) is 14.0. The maximum absolute atomic E-state index is 13.1. The lowest BCUT2D eigenvalue weighted by Crippen LogP contribution is -2.43. The van der Waals surface area contributed by atoms with Crippen LogP contribution in [-0.2, 0) is 6.42 Å². The normalized spacial score (nSPS) is 21.2. The molecule has 0 spiro atoms. The highest BCUT2D eigenvalue weighted by atomic mass is 19.1. The van der Waals surface area contributed by atoms with Crippen LogP contribution in [0.5, 0.6) is 0 Å². The lowest BCUT2D eigenvalue weighted by molar-refractivity contribution is 0.462. The number of aromatic nitrogens is 5. The van der Waals surface area contributed by atoms with E-state index < -0.39 is 0 Å². The highest BCUT2D eigenvalue weighted by Gasteiger charge is 2.38. The Balaban J connectivity index is 1.70. The van der Waals surface area contributed by atoms with Crippen molar-refractivity contribution >= 4 is 11.5 Å². The van der Waals surface area contributed by atoms with E-state index in [1.807, 2.05) is 12.1 Å². The van der Waals surface area contributed by atoms with Gasteiger partial charge in [0.1, 0.15) is 5.82 Å². The first-order valence-electron chi connectivity index (χ1n) is 7.71. The summed E-state index contributed by atoms with van der Waals surface area (Å²) in [5.74, 6) is 0.600. The zero-order chi connectivity index (χ0) is 15.9. The van der Waals surface area contributed by atoms with E-state index in [2.05, 4.69) is 32.3 Å². The smallest absolute Gasteiger partial charge is 0.222 e. The Morgan fingerprint density at radius 1 is 1.26 bits per heavy atom. The molecule has 4 rings (SSSR count). The van der Waals surface area contributed by atoms with Gasteiger partial charge in [-0.3, -0.25) is 0 Å². The van der Waals surface area contributed by atoms with Gasteiger partial charge < -0.3 is 4.90 Å². The average molecular weight is 312 g/mol. The summed E-state index contributed by atoms with van der Waals surface area (Å²) in [6.07, 6.45) is 6.43. The summed E-state index contributed by atoms with van der Waals surface area (Å²) in [4.78, 5) is 6.79. The standard InChI is InChI=1S/C16H17FN6/c1-16(11-12-3-5-13(17)6-4-12)7-2-9-22(16)14-15-19-20-21-23(15)10-8-18-14/h3-6,8,10H,2,7,9,11H2,1H3. The Morgan fingerprint density at radius 2 is 2.09 bits per heavy atom. The van der Waals surface area contributed by atoms with Crippen LogP contribution in [0, 0.1) is 5.82 Å². The van der Waals surface area contributed by atoms with Crippen molar-refractivity contribution in [2.24, 2.45) is 0 Å². The summed E-state index contributed by atoms with van der Waals surface area (Å²) < 4.78 is 14.8. The molecule has 3 heterocycles. The molecular weight excluding hydrogens is 295 g/mol. The van der Waals surface area contributed by atoms with E-state index in [9.17, 15) is 4.39 Å². The van der Waals surface area contributed by atoms with Crippen LogP contribution in [0.15, 0.2) is 36.7 Å². The molecule has 0 aliphatic carbocycles. The van der Waals surface area contributed by atoms with Crippen molar-refractivity contribution in [2.45, 2.75) is 31.7 Å². The fourth-order valence-electron chi connectivity index (χ4n) is 3.47. The zero-order valence-electron chi connectivity index (χ0n) is 12.9. The molecule has 0 saturated carbocycles. The number of anilines is 1. The number of hydrogen-bond acceptors (Lipinski definition) is 5. The van der Waals surface area contributed by atoms with Crippen LogP contribution in [0.2, 0.25) is 0 Å². The molecule has 6 nitrogen and oxygen atoms in total. The van der Waals surface area contributed by atoms with Gasteiger partial charge in [-0.15, -0.1) is 5.10 Å². The van der Waals surface area contributed by atoms with E-state index in [1.165, 1.54) is 12.1 Å². The van der Waals surface area contributed by atoms with E-state index >= 15 is 0 Å². The Labute approximate surface area is 132 Å². The molecule has 1 saturated heterocycles. The van der Waals surface area contributed by atoms with Gasteiger partial charge in [0.2, 0.25) is 5.65 Å². The summed E-state index contributed by atoms with van der Waals surface area (Å²) >= 11 is 0. The number of nitrogens with zero attached hydrogens (tertiary/aromatic N) is 6. The van der Waals surface area contributed by atoms with Crippen molar-refractivity contribution in [3.05, 3.63) is 48.0 Å². The van der Waals surface area contributed by atoms with E-state index in [1.54, 1.807) is 16.9 Å². The van der Waals surface area contributed by atoms with Crippen molar-refractivity contribution in [1.29, 1.82) is 0 Å². The molecule has 3 aromatic rings. The van der Waals surface area contributed by atoms with Gasteiger partial charge in [-0.1, -0.05) is 12.1 Å². The zero-order valence-corrected chi connectivity index (χ0v) is 12.9. The third-order valence-corrected chi connectivity index (χ3v) is 4.60. The quantitative estimate of drug-likeness (QED) is 0.742. The molecule has 1 aliphatic heterocycles. The predicted molar refractivity (Wildman–Crippen MR) is 83.7 cm³/mol. The monoisotopic (exact) mass is 312 g/mol. The molecule has 7 heteroatoms. The molecule has 0 amide bonds. The maximum atomic E-state index is 13.1. The van der Waals surface area contributed by atoms with E-state index in [4.69, 9.17) is 0 Å². The molecular formula is C16H17FN6. The Kier molecular flexibility index (Phi) is 3.21. The Morgan fingerprint density at radius 3 is 2.91 bits per heavy atom. The van der Waals surface area contributed by atoms with Crippen molar-refractivity contribution in [1.82, 2.24) is 25.0 Å². The topological polar surface area (TPSA) is 59.2 Å². The number of halogens is 1. The molecule has 1 fully saturated rings. The largest absolute Gasteiger partial charge is 0.348 e. The molecule has 23 heavy (non-hydrogen) atoms. The molecule has 0 N–H and O–H groups in total. The summed E-state index contributed by atoms with van der Waals surface area (Å²) in [6.45, 7) is 3.13. The van der Waals surface area contributed by atoms with Crippen molar-refractivity contribution in [3.63, 3.8) is 0 Å². The van der Waals surface area contributed by atoms with Crippen molar-refractivity contribution < 1.29 is 4.39 Å². The molecule has 0 radical (unpaired) electrons. The summed E-state index contributed by atoms with van der Waals surface area (Å²) in [5, 5.41) is 11.8. The minimum Gasteiger partial charge on any atom is -0.348 e. The minimum absolute atomic E-state index is 0.0847. The average Bonchev–Trinajstić information content (AvgIpc) is 3.16. The number of tetrazole rings is 1. The molecule has 1 atom stereocenters. The summed E-state index contributed by atoms with van der Waals surface area (Å²) in [7, 11) is 0. The van der Waals surface area contributed by atoms with Gasteiger partial charge >= 0.3 is 0 Å². The van der Waals surface area contributed by atoms with Crippen LogP contribution in [0.1, 0.15) is 25.3 Å². The molecule has 2 aromatic heterocycles. The van der Waals surface area contributed by atoms with Gasteiger partial charge in [-0.2, -0.15) is 4.52 Å². The van der Waals surface area contributed by atoms with Gasteiger partial charge in [-0.25, -0.2) is 9.37 Å². The van der Waals surface area contributed by atoms with Gasteiger partial charge in [0.25, 0.3) is 0 Å². The third-order valence-electron chi connectivity index (χ3n) is 4.60. The van der Waals surface area contributed by atoms with Crippen LogP contribution < -0.4 is 4.90 Å². The number of rotatable bonds is 3. The summed E-state index contributed by atoms with van der Waals surface area (Å²) in [6, 6.07) is 6.73. The Bertz CT molecular complexity index is 830. The fourth-order valence-corrected chi connectivity index (χ4v) is 3.47. The van der Waals surface area contributed by atoms with Crippen LogP contribution in [0.3, 0.4) is 0 Å². The summed E-state index contributed by atoms with van der Waals surface area (Å²) in [5.41, 5.74) is 1.70. The van der Waals surface area contributed by atoms with Gasteiger partial charge in [0, 0.05) is 18.3 Å². The third kappa shape index (κ3) is 2.42. The van der Waals surface area contributed by atoms with Crippen molar-refractivity contribution in [3.8, 4) is 0 Å². The lowest BCUT2D eigenvalue weighted by atomic mass is 9.90. The van der Waals surface area contributed by atoms with E-state index in [0.717, 1.165) is 37.2 Å². The van der Waals surface area contributed by atoms with Crippen LogP contribution in [0.4, 0.5) is 10.2 Å². The molecule has 1 aromatic carbocycles. The lowest BCUT2D eigenvalue weighted by Gasteiger charge is -2.36. The molecule has 118 valence electrons. The second-order valence-corrected chi connectivity index (χ2v) is 6.25. The first-order valence-corrected chi connectivity index (χ1v) is 7.71. The number of fused-ring (bicyclic) bond motifs is 1.